The lowest BCUT2D eigenvalue weighted by Crippen LogP contribution is -2.55. The Morgan fingerprint density at radius 2 is 1.63 bits per heavy atom. The van der Waals surface area contributed by atoms with Gasteiger partial charge < -0.3 is 20.9 Å². The highest BCUT2D eigenvalue weighted by Crippen LogP contribution is 2.36. The molecule has 3 N–H and O–H groups in total. The molecule has 9 heteroatoms. The number of benzene rings is 3. The Hall–Kier alpha value is -4.01. The van der Waals surface area contributed by atoms with Crippen LogP contribution >= 0.6 is 0 Å². The fourth-order valence-corrected chi connectivity index (χ4v) is 4.86. The third-order valence-corrected chi connectivity index (χ3v) is 6.86. The second kappa shape index (κ2) is 10.8. The van der Waals surface area contributed by atoms with Crippen LogP contribution < -0.4 is 16.0 Å². The molecule has 3 amide bonds. The molecule has 1 aliphatic heterocycles. The number of nitrogens with one attached hydrogen (secondary N) is 1. The summed E-state index contributed by atoms with van der Waals surface area (Å²) in [4.78, 5) is 28.7. The number of hydrogen-bond donors (Lipinski definition) is 2. The van der Waals surface area contributed by atoms with E-state index in [1.165, 1.54) is 12.1 Å². The Balaban J connectivity index is 1.57. The predicted molar refractivity (Wildman–Crippen MR) is 143 cm³/mol. The minimum atomic E-state index is -4.43. The Kier molecular flexibility index (Phi) is 7.66. The zero-order chi connectivity index (χ0) is 27.6. The summed E-state index contributed by atoms with van der Waals surface area (Å²) in [6, 6.07) is 17.4. The first-order chi connectivity index (χ1) is 18.0. The van der Waals surface area contributed by atoms with Crippen LogP contribution in [0.3, 0.4) is 0 Å². The van der Waals surface area contributed by atoms with Crippen LogP contribution in [0.25, 0.3) is 11.1 Å². The fourth-order valence-electron chi connectivity index (χ4n) is 4.86. The number of amides is 3. The minimum absolute atomic E-state index is 0.0522. The largest absolute Gasteiger partial charge is 0.416 e. The number of nitrogens with zero attached hydrogens (tertiary/aromatic N) is 2. The Labute approximate surface area is 220 Å². The van der Waals surface area contributed by atoms with E-state index in [4.69, 9.17) is 5.73 Å². The first-order valence-electron chi connectivity index (χ1n) is 12.5. The van der Waals surface area contributed by atoms with Crippen LogP contribution in [-0.4, -0.2) is 42.5 Å². The molecule has 1 unspecified atom stereocenters. The molecule has 0 saturated carbocycles. The fraction of sp³-hybridized carbons (Fsp3) is 0.310. The molecule has 1 atom stereocenters. The lowest BCUT2D eigenvalue weighted by Gasteiger charge is -2.40. The monoisotopic (exact) mass is 524 g/mol. The molecule has 0 aromatic heterocycles. The number of hydrogen-bond acceptors (Lipinski definition) is 3. The topological polar surface area (TPSA) is 78.7 Å². The number of nitrogens with two attached hydrogens (primary N) is 1. The van der Waals surface area contributed by atoms with E-state index in [1.54, 1.807) is 17.0 Å². The molecular weight excluding hydrogens is 493 g/mol. The molecule has 1 fully saturated rings. The maximum atomic E-state index is 13.4. The van der Waals surface area contributed by atoms with Gasteiger partial charge in [0, 0.05) is 42.6 Å². The van der Waals surface area contributed by atoms with E-state index in [-0.39, 0.29) is 17.9 Å². The summed E-state index contributed by atoms with van der Waals surface area (Å²) in [5.41, 5.74) is 8.65. The third-order valence-electron chi connectivity index (χ3n) is 6.86. The van der Waals surface area contributed by atoms with Gasteiger partial charge in [-0.1, -0.05) is 38.1 Å². The van der Waals surface area contributed by atoms with Crippen molar-refractivity contribution in [1.82, 2.24) is 4.90 Å². The maximum absolute atomic E-state index is 13.4. The smallest absolute Gasteiger partial charge is 0.365 e. The molecule has 4 rings (SSSR count). The number of anilines is 2. The number of piperazine rings is 1. The van der Waals surface area contributed by atoms with Gasteiger partial charge in [-0.15, -0.1) is 0 Å². The average molecular weight is 525 g/mol. The van der Waals surface area contributed by atoms with Gasteiger partial charge in [0.1, 0.15) is 0 Å². The van der Waals surface area contributed by atoms with Crippen LogP contribution in [-0.2, 0) is 6.18 Å². The van der Waals surface area contributed by atoms with E-state index >= 15 is 0 Å². The van der Waals surface area contributed by atoms with Gasteiger partial charge in [-0.3, -0.25) is 4.79 Å². The molecular formula is C29H31F3N4O2. The van der Waals surface area contributed by atoms with Gasteiger partial charge in [0.15, 0.2) is 0 Å². The molecule has 0 bridgehead atoms. The summed E-state index contributed by atoms with van der Waals surface area (Å²) in [6.07, 6.45) is -4.43. The number of urea groups is 1. The molecule has 3 aromatic rings. The van der Waals surface area contributed by atoms with Gasteiger partial charge in [0.2, 0.25) is 0 Å². The SMILES string of the molecule is CC(C)c1cccc(C(=O)Nc2ccc(N3CCN(C(N)=O)CC3C)cc2)c1-c1ccc(C(F)(F)F)cc1. The first kappa shape index (κ1) is 27.0. The number of halogens is 3. The third kappa shape index (κ3) is 5.77. The number of primary amides is 1. The number of carbonyl (C=O) groups excluding carboxylic acids is 2. The summed E-state index contributed by atoms with van der Waals surface area (Å²) >= 11 is 0. The second-order valence-corrected chi connectivity index (χ2v) is 9.83. The quantitative estimate of drug-likeness (QED) is 0.409. The summed E-state index contributed by atoms with van der Waals surface area (Å²) < 4.78 is 39.3. The van der Waals surface area contributed by atoms with Gasteiger partial charge >= 0.3 is 12.2 Å². The standard InChI is InChI=1S/C29H31F3N4O2/c1-18(2)24-5-4-6-25(26(24)20-7-9-21(10-8-20)29(30,31)32)27(37)34-22-11-13-23(14-12-22)36-16-15-35(28(33)38)17-19(36)3/h4-14,18-19H,15-17H2,1-3H3,(H2,33,38)(H,34,37). The van der Waals surface area contributed by atoms with Crippen molar-refractivity contribution in [2.45, 2.75) is 38.9 Å². The van der Waals surface area contributed by atoms with E-state index in [9.17, 15) is 22.8 Å². The van der Waals surface area contributed by atoms with Crippen LogP contribution in [0.15, 0.2) is 66.7 Å². The Morgan fingerprint density at radius 3 is 2.18 bits per heavy atom. The highest BCUT2D eigenvalue weighted by atomic mass is 19.4. The van der Waals surface area contributed by atoms with E-state index < -0.39 is 17.8 Å². The van der Waals surface area contributed by atoms with Crippen molar-refractivity contribution in [3.8, 4) is 11.1 Å². The molecule has 3 aromatic carbocycles. The molecule has 38 heavy (non-hydrogen) atoms. The van der Waals surface area contributed by atoms with Crippen LogP contribution in [0, 0.1) is 0 Å². The van der Waals surface area contributed by atoms with Crippen LogP contribution in [0.5, 0.6) is 0 Å². The van der Waals surface area contributed by atoms with E-state index in [2.05, 4.69) is 10.2 Å². The Bertz CT molecular complexity index is 1300. The highest BCUT2D eigenvalue weighted by Gasteiger charge is 2.30. The van der Waals surface area contributed by atoms with Crippen LogP contribution in [0.2, 0.25) is 0 Å². The minimum Gasteiger partial charge on any atom is -0.365 e. The molecule has 0 aliphatic carbocycles. The molecule has 1 saturated heterocycles. The highest BCUT2D eigenvalue weighted by molar-refractivity contribution is 6.09. The summed E-state index contributed by atoms with van der Waals surface area (Å²) in [5.74, 6) is -0.296. The van der Waals surface area contributed by atoms with Crippen molar-refractivity contribution in [1.29, 1.82) is 0 Å². The van der Waals surface area contributed by atoms with Gasteiger partial charge in [-0.2, -0.15) is 13.2 Å². The molecule has 6 nitrogen and oxygen atoms in total. The van der Waals surface area contributed by atoms with Gasteiger partial charge in [0.05, 0.1) is 5.56 Å². The maximum Gasteiger partial charge on any atom is 0.416 e. The first-order valence-corrected chi connectivity index (χ1v) is 12.5. The molecule has 1 heterocycles. The summed E-state index contributed by atoms with van der Waals surface area (Å²) in [6.45, 7) is 7.70. The number of carbonyl (C=O) groups is 2. The summed E-state index contributed by atoms with van der Waals surface area (Å²) in [7, 11) is 0. The lowest BCUT2D eigenvalue weighted by atomic mass is 9.88. The van der Waals surface area contributed by atoms with Crippen LogP contribution in [0.4, 0.5) is 29.3 Å². The van der Waals surface area contributed by atoms with Gasteiger partial charge in [-0.25, -0.2) is 4.79 Å². The zero-order valence-electron chi connectivity index (χ0n) is 21.5. The van der Waals surface area contributed by atoms with Gasteiger partial charge in [-0.05, 0) is 72.0 Å². The summed E-state index contributed by atoms with van der Waals surface area (Å²) in [5, 5.41) is 2.93. The van der Waals surface area contributed by atoms with Crippen molar-refractivity contribution in [3.05, 3.63) is 83.4 Å². The number of alkyl halides is 3. The lowest BCUT2D eigenvalue weighted by molar-refractivity contribution is -0.137. The van der Waals surface area contributed by atoms with Gasteiger partial charge in [0.25, 0.3) is 5.91 Å². The molecule has 0 spiro atoms. The van der Waals surface area contributed by atoms with Crippen molar-refractivity contribution in [2.75, 3.05) is 29.9 Å². The predicted octanol–water partition coefficient (Wildman–Crippen LogP) is 6.34. The van der Waals surface area contributed by atoms with Crippen molar-refractivity contribution >= 4 is 23.3 Å². The molecule has 0 radical (unpaired) electrons. The van der Waals surface area contributed by atoms with Crippen LogP contribution in [0.1, 0.15) is 48.2 Å². The average Bonchev–Trinajstić information content (AvgIpc) is 2.88. The van der Waals surface area contributed by atoms with E-state index in [0.717, 1.165) is 23.4 Å². The molecule has 200 valence electrons. The van der Waals surface area contributed by atoms with Crippen molar-refractivity contribution < 1.29 is 22.8 Å². The zero-order valence-corrected chi connectivity index (χ0v) is 21.5. The second-order valence-electron chi connectivity index (χ2n) is 9.83. The van der Waals surface area contributed by atoms with Crippen molar-refractivity contribution in [2.24, 2.45) is 5.73 Å². The van der Waals surface area contributed by atoms with E-state index in [1.807, 2.05) is 51.1 Å². The normalized spacial score (nSPS) is 16.0. The van der Waals surface area contributed by atoms with Crippen molar-refractivity contribution in [3.63, 3.8) is 0 Å². The Morgan fingerprint density at radius 1 is 0.974 bits per heavy atom. The number of rotatable bonds is 5. The molecule has 1 aliphatic rings. The van der Waals surface area contributed by atoms with E-state index in [0.29, 0.717) is 42.0 Å².